The number of nitrogens with one attached hydrogen (secondary N) is 1. The van der Waals surface area contributed by atoms with Crippen molar-refractivity contribution in [2.75, 3.05) is 0 Å². The van der Waals surface area contributed by atoms with Crippen molar-refractivity contribution in [3.05, 3.63) is 107 Å². The van der Waals surface area contributed by atoms with Crippen molar-refractivity contribution in [2.24, 2.45) is 0 Å². The highest BCUT2D eigenvalue weighted by atomic mass is 35.5. The summed E-state index contributed by atoms with van der Waals surface area (Å²) in [5, 5.41) is 3.63. The van der Waals surface area contributed by atoms with Crippen molar-refractivity contribution in [1.29, 1.82) is 0 Å². The molecule has 5 heteroatoms. The van der Waals surface area contributed by atoms with Crippen molar-refractivity contribution < 1.29 is 9.59 Å². The molecule has 4 nitrogen and oxygen atoms in total. The van der Waals surface area contributed by atoms with Gasteiger partial charge in [-0.2, -0.15) is 0 Å². The van der Waals surface area contributed by atoms with Crippen LogP contribution in [0.2, 0.25) is 5.02 Å². The van der Waals surface area contributed by atoms with E-state index in [-0.39, 0.29) is 11.8 Å². The van der Waals surface area contributed by atoms with Crippen LogP contribution in [0.25, 0.3) is 0 Å². The molecule has 0 saturated carbocycles. The lowest BCUT2D eigenvalue weighted by molar-refractivity contribution is -0.139. The quantitative estimate of drug-likeness (QED) is 0.578. The number of rotatable bonds is 8. The molecule has 0 unspecified atom stereocenters. The Kier molecular flexibility index (Phi) is 7.63. The second kappa shape index (κ2) is 10.6. The largest absolute Gasteiger partial charge is 0.350 e. The molecule has 0 aromatic heterocycles. The minimum Gasteiger partial charge on any atom is -0.350 e. The fourth-order valence-corrected chi connectivity index (χ4v) is 3.44. The van der Waals surface area contributed by atoms with Crippen LogP contribution in [0.3, 0.4) is 0 Å². The van der Waals surface area contributed by atoms with Gasteiger partial charge in [0.2, 0.25) is 11.8 Å². The van der Waals surface area contributed by atoms with Gasteiger partial charge in [0.1, 0.15) is 6.04 Å². The molecule has 0 aliphatic heterocycles. The van der Waals surface area contributed by atoms with Crippen LogP contribution in [0.15, 0.2) is 84.9 Å². The maximum atomic E-state index is 13.2. The number of carbonyl (C=O) groups is 2. The standard InChI is InChI=1S/C25H25ClN2O2/c1-19(29)28(18-22-10-6-3-7-11-22)24(16-20-8-4-2-5-9-20)25(30)27-17-21-12-14-23(26)15-13-21/h2-15,24H,16-18H2,1H3,(H,27,30)/t24-/m1/s1. The second-order valence-corrected chi connectivity index (χ2v) is 7.62. The van der Waals surface area contributed by atoms with Gasteiger partial charge in [-0.15, -0.1) is 0 Å². The zero-order valence-corrected chi connectivity index (χ0v) is 17.7. The van der Waals surface area contributed by atoms with Gasteiger partial charge in [-0.05, 0) is 28.8 Å². The van der Waals surface area contributed by atoms with Gasteiger partial charge in [-0.25, -0.2) is 0 Å². The molecule has 0 aliphatic rings. The van der Waals surface area contributed by atoms with E-state index >= 15 is 0 Å². The second-order valence-electron chi connectivity index (χ2n) is 7.18. The summed E-state index contributed by atoms with van der Waals surface area (Å²) in [5.74, 6) is -0.318. The highest BCUT2D eigenvalue weighted by molar-refractivity contribution is 6.30. The first-order valence-electron chi connectivity index (χ1n) is 9.90. The minimum atomic E-state index is -0.614. The van der Waals surface area contributed by atoms with E-state index in [0.717, 1.165) is 16.7 Å². The molecule has 0 saturated heterocycles. The summed E-state index contributed by atoms with van der Waals surface area (Å²) < 4.78 is 0. The van der Waals surface area contributed by atoms with E-state index in [9.17, 15) is 9.59 Å². The summed E-state index contributed by atoms with van der Waals surface area (Å²) in [6, 6.07) is 26.2. The molecule has 0 aliphatic carbocycles. The molecule has 30 heavy (non-hydrogen) atoms. The fraction of sp³-hybridized carbons (Fsp3) is 0.200. The molecular formula is C25H25ClN2O2. The molecule has 3 aromatic rings. The monoisotopic (exact) mass is 420 g/mol. The summed E-state index contributed by atoms with van der Waals surface area (Å²) in [6.45, 7) is 2.26. The first-order chi connectivity index (χ1) is 14.5. The predicted octanol–water partition coefficient (Wildman–Crippen LogP) is 4.62. The molecular weight excluding hydrogens is 396 g/mol. The number of hydrogen-bond acceptors (Lipinski definition) is 2. The molecule has 154 valence electrons. The lowest BCUT2D eigenvalue weighted by Crippen LogP contribution is -2.49. The van der Waals surface area contributed by atoms with Crippen molar-refractivity contribution in [3.63, 3.8) is 0 Å². The highest BCUT2D eigenvalue weighted by Crippen LogP contribution is 2.15. The van der Waals surface area contributed by atoms with Gasteiger partial charge in [-0.3, -0.25) is 9.59 Å². The van der Waals surface area contributed by atoms with Crippen LogP contribution in [0.4, 0.5) is 0 Å². The first kappa shape index (κ1) is 21.6. The fourth-order valence-electron chi connectivity index (χ4n) is 3.31. The van der Waals surface area contributed by atoms with Gasteiger partial charge in [0.05, 0.1) is 0 Å². The first-order valence-corrected chi connectivity index (χ1v) is 10.3. The summed E-state index contributed by atoms with van der Waals surface area (Å²) in [4.78, 5) is 27.4. The SMILES string of the molecule is CC(=O)N(Cc1ccccc1)[C@H](Cc1ccccc1)C(=O)NCc1ccc(Cl)cc1. The van der Waals surface area contributed by atoms with Crippen LogP contribution in [0, 0.1) is 0 Å². The van der Waals surface area contributed by atoms with Gasteiger partial charge in [0, 0.05) is 31.5 Å². The van der Waals surface area contributed by atoms with Crippen LogP contribution in [-0.4, -0.2) is 22.8 Å². The van der Waals surface area contributed by atoms with Crippen molar-refractivity contribution in [3.8, 4) is 0 Å². The van der Waals surface area contributed by atoms with Gasteiger partial charge in [-0.1, -0.05) is 84.4 Å². The van der Waals surface area contributed by atoms with Gasteiger partial charge >= 0.3 is 0 Å². The Hall–Kier alpha value is -3.11. The van der Waals surface area contributed by atoms with E-state index in [0.29, 0.717) is 24.5 Å². The highest BCUT2D eigenvalue weighted by Gasteiger charge is 2.28. The third-order valence-corrected chi connectivity index (χ3v) is 5.18. The van der Waals surface area contributed by atoms with E-state index in [1.165, 1.54) is 6.92 Å². The number of halogens is 1. The minimum absolute atomic E-state index is 0.138. The van der Waals surface area contributed by atoms with E-state index in [1.54, 1.807) is 17.0 Å². The maximum Gasteiger partial charge on any atom is 0.243 e. The molecule has 0 bridgehead atoms. The smallest absolute Gasteiger partial charge is 0.243 e. The molecule has 2 amide bonds. The Bertz CT molecular complexity index is 959. The van der Waals surface area contributed by atoms with Gasteiger partial charge in [0.15, 0.2) is 0 Å². The maximum absolute atomic E-state index is 13.2. The zero-order chi connectivity index (χ0) is 21.3. The van der Waals surface area contributed by atoms with E-state index in [1.807, 2.05) is 72.8 Å². The normalized spacial score (nSPS) is 11.5. The average molecular weight is 421 g/mol. The Morgan fingerprint density at radius 3 is 1.97 bits per heavy atom. The molecule has 0 heterocycles. The molecule has 0 fully saturated rings. The Labute approximate surface area is 182 Å². The molecule has 0 radical (unpaired) electrons. The Balaban J connectivity index is 1.80. The molecule has 1 N–H and O–H groups in total. The molecule has 3 aromatic carbocycles. The molecule has 0 spiro atoms. The van der Waals surface area contributed by atoms with E-state index in [2.05, 4.69) is 5.32 Å². The van der Waals surface area contributed by atoms with Gasteiger partial charge < -0.3 is 10.2 Å². The van der Waals surface area contributed by atoms with E-state index in [4.69, 9.17) is 11.6 Å². The number of nitrogens with zero attached hydrogens (tertiary/aromatic N) is 1. The number of hydrogen-bond donors (Lipinski definition) is 1. The average Bonchev–Trinajstić information content (AvgIpc) is 2.77. The summed E-state index contributed by atoms with van der Waals surface area (Å²) in [5.41, 5.74) is 2.93. The summed E-state index contributed by atoms with van der Waals surface area (Å²) in [7, 11) is 0. The van der Waals surface area contributed by atoms with Crippen LogP contribution >= 0.6 is 11.6 Å². The number of carbonyl (C=O) groups excluding carboxylic acids is 2. The van der Waals surface area contributed by atoms with Crippen LogP contribution < -0.4 is 5.32 Å². The predicted molar refractivity (Wildman–Crippen MR) is 120 cm³/mol. The third kappa shape index (κ3) is 6.19. The summed E-state index contributed by atoms with van der Waals surface area (Å²) >= 11 is 5.94. The van der Waals surface area contributed by atoms with Gasteiger partial charge in [0.25, 0.3) is 0 Å². The van der Waals surface area contributed by atoms with Crippen molar-refractivity contribution in [1.82, 2.24) is 10.2 Å². The van der Waals surface area contributed by atoms with E-state index < -0.39 is 6.04 Å². The molecule has 1 atom stereocenters. The lowest BCUT2D eigenvalue weighted by Gasteiger charge is -2.30. The lowest BCUT2D eigenvalue weighted by atomic mass is 10.0. The van der Waals surface area contributed by atoms with Crippen molar-refractivity contribution in [2.45, 2.75) is 32.5 Å². The third-order valence-electron chi connectivity index (χ3n) is 4.93. The number of benzene rings is 3. The van der Waals surface area contributed by atoms with Crippen LogP contribution in [0.1, 0.15) is 23.6 Å². The van der Waals surface area contributed by atoms with Crippen molar-refractivity contribution >= 4 is 23.4 Å². The van der Waals surface area contributed by atoms with Crippen LogP contribution in [0.5, 0.6) is 0 Å². The Morgan fingerprint density at radius 2 is 1.40 bits per heavy atom. The number of amides is 2. The summed E-state index contributed by atoms with van der Waals surface area (Å²) in [6.07, 6.45) is 0.444. The zero-order valence-electron chi connectivity index (χ0n) is 16.9. The van der Waals surface area contributed by atoms with Crippen LogP contribution in [-0.2, 0) is 29.1 Å². The Morgan fingerprint density at radius 1 is 0.833 bits per heavy atom. The topological polar surface area (TPSA) is 49.4 Å². The molecule has 3 rings (SSSR count).